The number of hydrogen-bond acceptors (Lipinski definition) is 2. The van der Waals surface area contributed by atoms with Crippen LogP contribution >= 0.6 is 0 Å². The summed E-state index contributed by atoms with van der Waals surface area (Å²) >= 11 is 0. The van der Waals surface area contributed by atoms with Crippen LogP contribution in [0.15, 0.2) is 65.7 Å². The lowest BCUT2D eigenvalue weighted by molar-refractivity contribution is -0.121. The summed E-state index contributed by atoms with van der Waals surface area (Å²) in [5.74, 6) is 0.962. The smallest absolute Gasteiger partial charge is 0.221 e. The van der Waals surface area contributed by atoms with Gasteiger partial charge in [0, 0.05) is 31.5 Å². The van der Waals surface area contributed by atoms with E-state index in [-0.39, 0.29) is 17.9 Å². The first kappa shape index (κ1) is 21.5. The van der Waals surface area contributed by atoms with Crippen LogP contribution in [0.25, 0.3) is 0 Å². The number of guanidine groups is 1. The van der Waals surface area contributed by atoms with E-state index in [1.165, 1.54) is 11.1 Å². The van der Waals surface area contributed by atoms with E-state index in [0.29, 0.717) is 19.5 Å². The summed E-state index contributed by atoms with van der Waals surface area (Å²) < 4.78 is 0. The van der Waals surface area contributed by atoms with E-state index in [4.69, 9.17) is 4.99 Å². The maximum absolute atomic E-state index is 11.8. The molecule has 28 heavy (non-hydrogen) atoms. The fourth-order valence-corrected chi connectivity index (χ4v) is 2.99. The molecule has 0 aliphatic rings. The first-order valence-electron chi connectivity index (χ1n) is 10.0. The van der Waals surface area contributed by atoms with Crippen LogP contribution < -0.4 is 16.0 Å². The van der Waals surface area contributed by atoms with Crippen LogP contribution in [-0.2, 0) is 4.79 Å². The van der Waals surface area contributed by atoms with Crippen molar-refractivity contribution in [1.82, 2.24) is 16.0 Å². The van der Waals surface area contributed by atoms with Crippen molar-refractivity contribution in [3.63, 3.8) is 0 Å². The summed E-state index contributed by atoms with van der Waals surface area (Å²) in [6.07, 6.45) is 0.420. The molecule has 2 aromatic rings. The highest BCUT2D eigenvalue weighted by Gasteiger charge is 2.14. The Morgan fingerprint density at radius 2 is 1.50 bits per heavy atom. The van der Waals surface area contributed by atoms with Crippen LogP contribution in [0.3, 0.4) is 0 Å². The van der Waals surface area contributed by atoms with E-state index < -0.39 is 0 Å². The van der Waals surface area contributed by atoms with Crippen LogP contribution in [0.1, 0.15) is 44.2 Å². The summed E-state index contributed by atoms with van der Waals surface area (Å²) in [6.45, 7) is 7.90. The van der Waals surface area contributed by atoms with Crippen molar-refractivity contribution in [3.05, 3.63) is 71.8 Å². The maximum atomic E-state index is 11.8. The molecule has 5 nitrogen and oxygen atoms in total. The van der Waals surface area contributed by atoms with Gasteiger partial charge in [0.2, 0.25) is 5.91 Å². The molecule has 0 aromatic heterocycles. The molecule has 0 unspecified atom stereocenters. The molecule has 2 rings (SSSR count). The highest BCUT2D eigenvalue weighted by atomic mass is 16.1. The Balaban J connectivity index is 2.05. The van der Waals surface area contributed by atoms with Gasteiger partial charge in [0.1, 0.15) is 0 Å². The lowest BCUT2D eigenvalue weighted by Crippen LogP contribution is -2.40. The Bertz CT molecular complexity index is 689. The van der Waals surface area contributed by atoms with Gasteiger partial charge in [0.25, 0.3) is 0 Å². The number of benzene rings is 2. The number of carbonyl (C=O) groups excluding carboxylic acids is 1. The second-order valence-corrected chi connectivity index (χ2v) is 6.99. The SMILES string of the molecule is CCNC(=NCC(c1ccccc1)c1ccccc1)NCCC(=O)NC(C)C. The molecule has 0 saturated heterocycles. The molecule has 0 aliphatic heterocycles. The maximum Gasteiger partial charge on any atom is 0.221 e. The zero-order chi connectivity index (χ0) is 20.2. The Labute approximate surface area is 168 Å². The van der Waals surface area contributed by atoms with Crippen molar-refractivity contribution in [2.45, 2.75) is 39.2 Å². The molecular weight excluding hydrogens is 348 g/mol. The van der Waals surface area contributed by atoms with Gasteiger partial charge in [-0.15, -0.1) is 0 Å². The second kappa shape index (κ2) is 11.8. The third kappa shape index (κ3) is 7.43. The van der Waals surface area contributed by atoms with Gasteiger partial charge in [-0.3, -0.25) is 9.79 Å². The molecule has 2 aromatic carbocycles. The standard InChI is InChI=1S/C23H32N4O/c1-4-24-23(25-16-15-22(28)27-18(2)3)26-17-21(19-11-7-5-8-12-19)20-13-9-6-10-14-20/h5-14,18,21H,4,15-17H2,1-3H3,(H,27,28)(H2,24,25,26). The van der Waals surface area contributed by atoms with Crippen molar-refractivity contribution in [3.8, 4) is 0 Å². The highest BCUT2D eigenvalue weighted by Crippen LogP contribution is 2.24. The number of hydrogen-bond donors (Lipinski definition) is 3. The van der Waals surface area contributed by atoms with Crippen LogP contribution in [-0.4, -0.2) is 37.5 Å². The van der Waals surface area contributed by atoms with Gasteiger partial charge in [0.15, 0.2) is 5.96 Å². The zero-order valence-electron chi connectivity index (χ0n) is 17.1. The predicted molar refractivity (Wildman–Crippen MR) is 117 cm³/mol. The van der Waals surface area contributed by atoms with E-state index in [1.807, 2.05) is 32.9 Å². The Kier molecular flexibility index (Phi) is 9.05. The molecule has 150 valence electrons. The van der Waals surface area contributed by atoms with Gasteiger partial charge in [0.05, 0.1) is 6.54 Å². The number of aliphatic imine (C=N–C) groups is 1. The average molecular weight is 381 g/mol. The molecule has 0 bridgehead atoms. The highest BCUT2D eigenvalue weighted by molar-refractivity contribution is 5.81. The van der Waals surface area contributed by atoms with Crippen molar-refractivity contribution in [2.75, 3.05) is 19.6 Å². The Hall–Kier alpha value is -2.82. The fraction of sp³-hybridized carbons (Fsp3) is 0.391. The van der Waals surface area contributed by atoms with E-state index in [9.17, 15) is 4.79 Å². The minimum atomic E-state index is 0.0461. The summed E-state index contributed by atoms with van der Waals surface area (Å²) in [4.78, 5) is 16.6. The monoisotopic (exact) mass is 380 g/mol. The molecule has 0 fully saturated rings. The van der Waals surface area contributed by atoms with E-state index in [1.54, 1.807) is 0 Å². The van der Waals surface area contributed by atoms with Crippen LogP contribution in [0.4, 0.5) is 0 Å². The summed E-state index contributed by atoms with van der Waals surface area (Å²) in [7, 11) is 0. The zero-order valence-corrected chi connectivity index (χ0v) is 17.1. The Morgan fingerprint density at radius 3 is 2.00 bits per heavy atom. The van der Waals surface area contributed by atoms with Gasteiger partial charge in [-0.05, 0) is 31.9 Å². The first-order chi connectivity index (χ1) is 13.6. The molecule has 0 saturated carbocycles. The van der Waals surface area contributed by atoms with Gasteiger partial charge >= 0.3 is 0 Å². The van der Waals surface area contributed by atoms with Crippen LogP contribution in [0.2, 0.25) is 0 Å². The van der Waals surface area contributed by atoms with E-state index in [0.717, 1.165) is 12.5 Å². The van der Waals surface area contributed by atoms with Crippen molar-refractivity contribution < 1.29 is 4.79 Å². The van der Waals surface area contributed by atoms with Crippen molar-refractivity contribution in [2.24, 2.45) is 4.99 Å². The molecule has 0 radical (unpaired) electrons. The number of nitrogens with zero attached hydrogens (tertiary/aromatic N) is 1. The third-order valence-electron chi connectivity index (χ3n) is 4.27. The molecular formula is C23H32N4O. The van der Waals surface area contributed by atoms with Crippen molar-refractivity contribution >= 4 is 11.9 Å². The van der Waals surface area contributed by atoms with Crippen LogP contribution in [0.5, 0.6) is 0 Å². The van der Waals surface area contributed by atoms with Gasteiger partial charge in [-0.1, -0.05) is 60.7 Å². The normalized spacial score (nSPS) is 11.5. The van der Waals surface area contributed by atoms with Crippen molar-refractivity contribution in [1.29, 1.82) is 0 Å². The van der Waals surface area contributed by atoms with Crippen LogP contribution in [0, 0.1) is 0 Å². The molecule has 5 heteroatoms. The largest absolute Gasteiger partial charge is 0.357 e. The topological polar surface area (TPSA) is 65.5 Å². The number of nitrogens with one attached hydrogen (secondary N) is 3. The minimum absolute atomic E-state index is 0.0461. The van der Waals surface area contributed by atoms with Gasteiger partial charge in [-0.25, -0.2) is 0 Å². The van der Waals surface area contributed by atoms with Gasteiger partial charge in [-0.2, -0.15) is 0 Å². The number of rotatable bonds is 9. The number of carbonyl (C=O) groups is 1. The molecule has 1 amide bonds. The molecule has 3 N–H and O–H groups in total. The third-order valence-corrected chi connectivity index (χ3v) is 4.27. The lowest BCUT2D eigenvalue weighted by atomic mass is 9.91. The van der Waals surface area contributed by atoms with E-state index >= 15 is 0 Å². The lowest BCUT2D eigenvalue weighted by Gasteiger charge is -2.18. The Morgan fingerprint density at radius 1 is 0.929 bits per heavy atom. The molecule has 0 aliphatic carbocycles. The predicted octanol–water partition coefficient (Wildman–Crippen LogP) is 3.29. The minimum Gasteiger partial charge on any atom is -0.357 e. The number of amides is 1. The summed E-state index contributed by atoms with van der Waals surface area (Å²) in [6, 6.07) is 21.0. The second-order valence-electron chi connectivity index (χ2n) is 6.99. The average Bonchev–Trinajstić information content (AvgIpc) is 2.69. The summed E-state index contributed by atoms with van der Waals surface area (Å²) in [5.41, 5.74) is 2.48. The van der Waals surface area contributed by atoms with Gasteiger partial charge < -0.3 is 16.0 Å². The van der Waals surface area contributed by atoms with E-state index in [2.05, 4.69) is 64.5 Å². The molecule has 0 heterocycles. The molecule has 0 atom stereocenters. The first-order valence-corrected chi connectivity index (χ1v) is 10.0. The quantitative estimate of drug-likeness (QED) is 0.462. The molecule has 0 spiro atoms. The fourth-order valence-electron chi connectivity index (χ4n) is 2.99. The summed E-state index contributed by atoms with van der Waals surface area (Å²) in [5, 5.41) is 9.43.